The molecule has 4 rings (SSSR count). The number of aromatic amines is 1. The predicted octanol–water partition coefficient (Wildman–Crippen LogP) is 3.62. The molecule has 9 nitrogen and oxygen atoms in total. The SMILES string of the molecule is CCCS(=O)(=O)Nc1c(F)ccc(C(=O)c2c[nH]c3ncc(-c4ccc(OCC(O)CO)cc4)cc23)c1F. The lowest BCUT2D eigenvalue weighted by molar-refractivity contribution is 0.0536. The van der Waals surface area contributed by atoms with Crippen LogP contribution < -0.4 is 9.46 Å². The monoisotopic (exact) mass is 545 g/mol. The van der Waals surface area contributed by atoms with Gasteiger partial charge in [0, 0.05) is 28.9 Å². The summed E-state index contributed by atoms with van der Waals surface area (Å²) in [5.74, 6) is -3.09. The van der Waals surface area contributed by atoms with Crippen LogP contribution in [0.25, 0.3) is 22.2 Å². The molecule has 2 aromatic carbocycles. The van der Waals surface area contributed by atoms with Crippen molar-refractivity contribution in [2.75, 3.05) is 23.7 Å². The lowest BCUT2D eigenvalue weighted by atomic mass is 10.00. The van der Waals surface area contributed by atoms with Crippen LogP contribution in [0, 0.1) is 11.6 Å². The summed E-state index contributed by atoms with van der Waals surface area (Å²) in [6.45, 7) is 1.12. The van der Waals surface area contributed by atoms with Crippen LogP contribution in [0.15, 0.2) is 54.9 Å². The molecule has 38 heavy (non-hydrogen) atoms. The van der Waals surface area contributed by atoms with Crippen molar-refractivity contribution in [3.8, 4) is 16.9 Å². The summed E-state index contributed by atoms with van der Waals surface area (Å²) in [5, 5.41) is 18.7. The number of carbonyl (C=O) groups excluding carboxylic acids is 1. The van der Waals surface area contributed by atoms with Crippen molar-refractivity contribution in [2.45, 2.75) is 19.4 Å². The van der Waals surface area contributed by atoms with Crippen LogP contribution >= 0.6 is 0 Å². The van der Waals surface area contributed by atoms with E-state index in [4.69, 9.17) is 9.84 Å². The molecule has 0 bridgehead atoms. The van der Waals surface area contributed by atoms with Gasteiger partial charge >= 0.3 is 0 Å². The zero-order valence-electron chi connectivity index (χ0n) is 20.2. The van der Waals surface area contributed by atoms with Crippen LogP contribution in [0.3, 0.4) is 0 Å². The molecule has 0 aliphatic carbocycles. The van der Waals surface area contributed by atoms with Crippen LogP contribution in [0.5, 0.6) is 5.75 Å². The molecule has 0 spiro atoms. The normalized spacial score (nSPS) is 12.4. The maximum atomic E-state index is 15.2. The lowest BCUT2D eigenvalue weighted by Crippen LogP contribution is -2.21. The Bertz CT molecular complexity index is 1570. The van der Waals surface area contributed by atoms with Crippen molar-refractivity contribution in [1.82, 2.24) is 9.97 Å². The van der Waals surface area contributed by atoms with Gasteiger partial charge in [0.15, 0.2) is 11.6 Å². The minimum absolute atomic E-state index is 0.0695. The van der Waals surface area contributed by atoms with Crippen LogP contribution in [0.4, 0.5) is 14.5 Å². The third kappa shape index (κ3) is 5.82. The number of aromatic nitrogens is 2. The number of aliphatic hydroxyl groups is 2. The molecule has 1 unspecified atom stereocenters. The van der Waals surface area contributed by atoms with Gasteiger partial charge in [-0.25, -0.2) is 22.2 Å². The van der Waals surface area contributed by atoms with E-state index in [1.54, 1.807) is 43.5 Å². The van der Waals surface area contributed by atoms with E-state index in [1.165, 1.54) is 6.20 Å². The quantitative estimate of drug-likeness (QED) is 0.211. The Hall–Kier alpha value is -3.87. The lowest BCUT2D eigenvalue weighted by Gasteiger charge is -2.12. The average Bonchev–Trinajstić information content (AvgIpc) is 3.33. The van der Waals surface area contributed by atoms with E-state index in [0.717, 1.165) is 17.7 Å². The zero-order chi connectivity index (χ0) is 27.4. The Morgan fingerprint density at radius 2 is 1.87 bits per heavy atom. The number of H-pyrrole nitrogens is 1. The second-order valence-electron chi connectivity index (χ2n) is 8.53. The van der Waals surface area contributed by atoms with E-state index in [9.17, 15) is 22.7 Å². The molecule has 0 saturated carbocycles. The molecule has 0 fully saturated rings. The summed E-state index contributed by atoms with van der Waals surface area (Å²) < 4.78 is 61.0. The molecule has 4 N–H and O–H groups in total. The van der Waals surface area contributed by atoms with Crippen molar-refractivity contribution in [3.63, 3.8) is 0 Å². The van der Waals surface area contributed by atoms with Crippen molar-refractivity contribution in [2.24, 2.45) is 0 Å². The van der Waals surface area contributed by atoms with Gasteiger partial charge in [0.25, 0.3) is 0 Å². The minimum Gasteiger partial charge on any atom is -0.491 e. The molecular formula is C26H25F2N3O6S. The first-order chi connectivity index (χ1) is 18.1. The highest BCUT2D eigenvalue weighted by Crippen LogP contribution is 2.30. The summed E-state index contributed by atoms with van der Waals surface area (Å²) >= 11 is 0. The van der Waals surface area contributed by atoms with Crippen molar-refractivity contribution in [3.05, 3.63) is 77.6 Å². The van der Waals surface area contributed by atoms with Gasteiger partial charge < -0.3 is 19.9 Å². The molecule has 0 saturated heterocycles. The molecule has 0 radical (unpaired) electrons. The zero-order valence-corrected chi connectivity index (χ0v) is 21.1. The van der Waals surface area contributed by atoms with Crippen LogP contribution in [0.1, 0.15) is 29.3 Å². The molecular weight excluding hydrogens is 520 g/mol. The number of hydrogen-bond acceptors (Lipinski definition) is 7. The highest BCUT2D eigenvalue weighted by atomic mass is 32.2. The van der Waals surface area contributed by atoms with E-state index < -0.39 is 51.4 Å². The van der Waals surface area contributed by atoms with E-state index in [2.05, 4.69) is 9.97 Å². The third-order valence-corrected chi connectivity index (χ3v) is 7.14. The fourth-order valence-electron chi connectivity index (χ4n) is 3.78. The van der Waals surface area contributed by atoms with Crippen molar-refractivity contribution >= 4 is 32.5 Å². The Morgan fingerprint density at radius 3 is 2.55 bits per heavy atom. The number of hydrogen-bond donors (Lipinski definition) is 4. The summed E-state index contributed by atoms with van der Waals surface area (Å²) in [6.07, 6.45) is 2.18. The molecule has 0 aliphatic heterocycles. The van der Waals surface area contributed by atoms with E-state index in [-0.39, 0.29) is 24.3 Å². The number of carbonyl (C=O) groups is 1. The van der Waals surface area contributed by atoms with Gasteiger partial charge in [0.05, 0.1) is 17.9 Å². The number of nitrogens with zero attached hydrogens (tertiary/aromatic N) is 1. The summed E-state index contributed by atoms with van der Waals surface area (Å²) in [6, 6.07) is 10.3. The van der Waals surface area contributed by atoms with Gasteiger partial charge in [0.1, 0.15) is 35.6 Å². The van der Waals surface area contributed by atoms with Crippen molar-refractivity contribution in [1.29, 1.82) is 0 Å². The van der Waals surface area contributed by atoms with Gasteiger partial charge in [-0.3, -0.25) is 9.52 Å². The fraction of sp³-hybridized carbons (Fsp3) is 0.231. The number of rotatable bonds is 11. The standard InChI is InChI=1S/C26H25F2N3O6S/c1-2-9-38(35,36)31-24-22(27)8-7-19(23(24)28)25(34)21-12-30-26-20(21)10-16(11-29-26)15-3-5-18(6-4-15)37-14-17(33)13-32/h3-8,10-12,17,31-33H,2,9,13-14H2,1H3,(H,29,30). The van der Waals surface area contributed by atoms with Gasteiger partial charge in [-0.1, -0.05) is 19.1 Å². The topological polar surface area (TPSA) is 142 Å². The van der Waals surface area contributed by atoms with Crippen LogP contribution in [0.2, 0.25) is 0 Å². The van der Waals surface area contributed by atoms with Gasteiger partial charge in [-0.2, -0.15) is 0 Å². The maximum Gasteiger partial charge on any atom is 0.232 e. The highest BCUT2D eigenvalue weighted by molar-refractivity contribution is 7.92. The summed E-state index contributed by atoms with van der Waals surface area (Å²) in [7, 11) is -4.00. The summed E-state index contributed by atoms with van der Waals surface area (Å²) in [4.78, 5) is 20.5. The number of benzene rings is 2. The predicted molar refractivity (Wildman–Crippen MR) is 138 cm³/mol. The first-order valence-corrected chi connectivity index (χ1v) is 13.3. The molecule has 2 heterocycles. The molecule has 0 aliphatic rings. The van der Waals surface area contributed by atoms with Crippen LogP contribution in [-0.2, 0) is 10.0 Å². The number of aliphatic hydroxyl groups excluding tert-OH is 2. The molecule has 4 aromatic rings. The number of ether oxygens (including phenoxy) is 1. The number of halogens is 2. The first-order valence-electron chi connectivity index (χ1n) is 11.7. The van der Waals surface area contributed by atoms with Gasteiger partial charge in [0.2, 0.25) is 10.0 Å². The van der Waals surface area contributed by atoms with E-state index in [1.807, 2.05) is 4.72 Å². The van der Waals surface area contributed by atoms with E-state index >= 15 is 4.39 Å². The average molecular weight is 546 g/mol. The second-order valence-corrected chi connectivity index (χ2v) is 10.4. The minimum atomic E-state index is -4.00. The van der Waals surface area contributed by atoms with Gasteiger partial charge in [-0.15, -0.1) is 0 Å². The van der Waals surface area contributed by atoms with Crippen molar-refractivity contribution < 1.29 is 36.9 Å². The molecule has 2 aromatic heterocycles. The number of fused-ring (bicyclic) bond motifs is 1. The highest BCUT2D eigenvalue weighted by Gasteiger charge is 2.25. The Kier molecular flexibility index (Phi) is 8.05. The van der Waals surface area contributed by atoms with E-state index in [0.29, 0.717) is 22.3 Å². The number of ketones is 1. The third-order valence-electron chi connectivity index (χ3n) is 5.68. The number of sulfonamides is 1. The van der Waals surface area contributed by atoms with Crippen LogP contribution in [-0.4, -0.2) is 59.5 Å². The Labute approximate surface area is 217 Å². The molecule has 200 valence electrons. The number of pyridine rings is 1. The van der Waals surface area contributed by atoms with Gasteiger partial charge in [-0.05, 0) is 42.3 Å². The second kappa shape index (κ2) is 11.3. The maximum absolute atomic E-state index is 15.2. The number of anilines is 1. The largest absolute Gasteiger partial charge is 0.491 e. The first kappa shape index (κ1) is 27.2. The molecule has 12 heteroatoms. The number of nitrogens with one attached hydrogen (secondary N) is 2. The Balaban J connectivity index is 1.65. The smallest absolute Gasteiger partial charge is 0.232 e. The Morgan fingerprint density at radius 1 is 1.13 bits per heavy atom. The molecule has 0 amide bonds. The summed E-state index contributed by atoms with van der Waals surface area (Å²) in [5.41, 5.74) is 0.396. The molecule has 1 atom stereocenters. The fourth-order valence-corrected chi connectivity index (χ4v) is 4.92.